The Bertz CT molecular complexity index is 359. The van der Waals surface area contributed by atoms with Crippen molar-refractivity contribution in [1.29, 1.82) is 0 Å². The first kappa shape index (κ1) is 20.2. The van der Waals surface area contributed by atoms with Crippen molar-refractivity contribution in [3.05, 3.63) is 0 Å². The van der Waals surface area contributed by atoms with Gasteiger partial charge in [-0.15, -0.1) is 0 Å². The van der Waals surface area contributed by atoms with Crippen LogP contribution in [0.25, 0.3) is 0 Å². The minimum absolute atomic E-state index is 0.311. The fourth-order valence-corrected chi connectivity index (χ4v) is 5.36. The van der Waals surface area contributed by atoms with Crippen LogP contribution in [0.4, 0.5) is 0 Å². The molecule has 0 aliphatic carbocycles. The average Bonchev–Trinajstić information content (AvgIpc) is 2.41. The molecule has 0 spiro atoms. The molecular weight excluding hydrogens is 292 g/mol. The molecule has 2 N–H and O–H groups in total. The third kappa shape index (κ3) is 5.73. The van der Waals surface area contributed by atoms with E-state index in [-0.39, 0.29) is 0 Å². The van der Waals surface area contributed by atoms with Gasteiger partial charge < -0.3 is 10.6 Å². The maximum absolute atomic E-state index is 3.89. The summed E-state index contributed by atoms with van der Waals surface area (Å²) in [6.07, 6.45) is 8.31. The van der Waals surface area contributed by atoms with Crippen molar-refractivity contribution >= 4 is 0 Å². The van der Waals surface area contributed by atoms with Gasteiger partial charge in [-0.3, -0.25) is 0 Å². The molecule has 0 aromatic rings. The van der Waals surface area contributed by atoms with Gasteiger partial charge in [0.1, 0.15) is 0 Å². The first-order valence-electron chi connectivity index (χ1n) is 10.5. The van der Waals surface area contributed by atoms with E-state index in [0.717, 1.165) is 23.7 Å². The predicted molar refractivity (Wildman–Crippen MR) is 106 cm³/mol. The molecule has 24 heavy (non-hydrogen) atoms. The van der Waals surface area contributed by atoms with E-state index in [1.807, 2.05) is 0 Å². The lowest BCUT2D eigenvalue weighted by Gasteiger charge is -2.45. The molecule has 2 saturated heterocycles. The lowest BCUT2D eigenvalue weighted by atomic mass is 9.72. The predicted octanol–water partition coefficient (Wildman–Crippen LogP) is 5.37. The number of hydrogen-bond acceptors (Lipinski definition) is 2. The van der Waals surface area contributed by atoms with E-state index < -0.39 is 0 Å². The van der Waals surface area contributed by atoms with Gasteiger partial charge in [-0.05, 0) is 77.0 Å². The number of nitrogens with one attached hydrogen (secondary N) is 2. The van der Waals surface area contributed by atoms with E-state index in [1.54, 1.807) is 0 Å². The van der Waals surface area contributed by atoms with Crippen LogP contribution in [0.1, 0.15) is 93.9 Å². The third-order valence-electron chi connectivity index (χ3n) is 6.52. The van der Waals surface area contributed by atoms with Crippen molar-refractivity contribution in [3.8, 4) is 0 Å². The second-order valence-corrected chi connectivity index (χ2v) is 10.9. The fraction of sp³-hybridized carbons (Fsp3) is 1.00. The number of rotatable bonds is 5. The number of hydrogen-bond donors (Lipinski definition) is 2. The Balaban J connectivity index is 1.91. The van der Waals surface area contributed by atoms with Gasteiger partial charge >= 0.3 is 0 Å². The Hall–Kier alpha value is -0.0800. The van der Waals surface area contributed by atoms with Crippen molar-refractivity contribution in [2.45, 2.75) is 117 Å². The quantitative estimate of drug-likeness (QED) is 0.705. The molecule has 0 aromatic carbocycles. The Morgan fingerprint density at radius 1 is 0.708 bits per heavy atom. The minimum atomic E-state index is 0.311. The summed E-state index contributed by atoms with van der Waals surface area (Å²) in [4.78, 5) is 0. The molecule has 4 unspecified atom stereocenters. The van der Waals surface area contributed by atoms with Crippen molar-refractivity contribution < 1.29 is 0 Å². The normalized spacial score (nSPS) is 36.2. The molecule has 2 heteroatoms. The van der Waals surface area contributed by atoms with Crippen LogP contribution in [-0.2, 0) is 0 Å². The minimum Gasteiger partial charge on any atom is -0.309 e. The molecule has 0 radical (unpaired) electrons. The smallest absolute Gasteiger partial charge is 0.0130 e. The van der Waals surface area contributed by atoms with Crippen molar-refractivity contribution in [2.24, 2.45) is 23.7 Å². The maximum Gasteiger partial charge on any atom is 0.0130 e. The molecule has 2 heterocycles. The molecule has 2 fully saturated rings. The SMILES string of the molecule is CC(C)C1CC(CCC2CC(C(C)C)NC(C)(C)C2)CC(C)(C)N1. The topological polar surface area (TPSA) is 24.1 Å². The molecule has 2 rings (SSSR count). The molecule has 0 amide bonds. The molecular formula is C22H44N2. The fourth-order valence-electron chi connectivity index (χ4n) is 5.36. The van der Waals surface area contributed by atoms with Gasteiger partial charge in [0.15, 0.2) is 0 Å². The third-order valence-corrected chi connectivity index (χ3v) is 6.52. The van der Waals surface area contributed by atoms with Crippen molar-refractivity contribution in [3.63, 3.8) is 0 Å². The van der Waals surface area contributed by atoms with E-state index in [4.69, 9.17) is 0 Å². The van der Waals surface area contributed by atoms with E-state index in [9.17, 15) is 0 Å². The highest BCUT2D eigenvalue weighted by Crippen LogP contribution is 2.37. The second kappa shape index (κ2) is 7.66. The van der Waals surface area contributed by atoms with Gasteiger partial charge in [-0.25, -0.2) is 0 Å². The van der Waals surface area contributed by atoms with E-state index in [0.29, 0.717) is 23.2 Å². The Morgan fingerprint density at radius 2 is 1.04 bits per heavy atom. The zero-order valence-electron chi connectivity index (χ0n) is 17.7. The van der Waals surface area contributed by atoms with Gasteiger partial charge in [0, 0.05) is 23.2 Å². The van der Waals surface area contributed by atoms with Gasteiger partial charge in [0.05, 0.1) is 0 Å². The summed E-state index contributed by atoms with van der Waals surface area (Å²) in [5, 5.41) is 7.77. The largest absolute Gasteiger partial charge is 0.309 e. The summed E-state index contributed by atoms with van der Waals surface area (Å²) in [7, 11) is 0. The van der Waals surface area contributed by atoms with Crippen LogP contribution in [-0.4, -0.2) is 23.2 Å². The van der Waals surface area contributed by atoms with Gasteiger partial charge in [0.2, 0.25) is 0 Å². The Labute approximate surface area is 151 Å². The van der Waals surface area contributed by atoms with Crippen LogP contribution in [0.5, 0.6) is 0 Å². The molecule has 142 valence electrons. The van der Waals surface area contributed by atoms with Gasteiger partial charge in [0.25, 0.3) is 0 Å². The highest BCUT2D eigenvalue weighted by atomic mass is 15.0. The highest BCUT2D eigenvalue weighted by Gasteiger charge is 2.37. The van der Waals surface area contributed by atoms with Crippen LogP contribution in [0.3, 0.4) is 0 Å². The molecule has 0 saturated carbocycles. The summed E-state index contributed by atoms with van der Waals surface area (Å²) in [5.41, 5.74) is 0.622. The van der Waals surface area contributed by atoms with Crippen LogP contribution in [0, 0.1) is 23.7 Å². The Morgan fingerprint density at radius 3 is 1.33 bits per heavy atom. The first-order valence-corrected chi connectivity index (χ1v) is 10.5. The van der Waals surface area contributed by atoms with Crippen LogP contribution < -0.4 is 10.6 Å². The molecule has 2 aliphatic rings. The summed E-state index contributed by atoms with van der Waals surface area (Å²) >= 11 is 0. The Kier molecular flexibility index (Phi) is 6.46. The zero-order valence-corrected chi connectivity index (χ0v) is 17.7. The van der Waals surface area contributed by atoms with Crippen LogP contribution >= 0.6 is 0 Å². The van der Waals surface area contributed by atoms with Gasteiger partial charge in [-0.1, -0.05) is 40.5 Å². The first-order chi connectivity index (χ1) is 11.0. The highest BCUT2D eigenvalue weighted by molar-refractivity contribution is 4.95. The van der Waals surface area contributed by atoms with Crippen LogP contribution in [0.15, 0.2) is 0 Å². The molecule has 4 atom stereocenters. The lowest BCUT2D eigenvalue weighted by molar-refractivity contribution is 0.117. The number of piperidine rings is 2. The summed E-state index contributed by atoms with van der Waals surface area (Å²) in [6.45, 7) is 19.1. The average molecular weight is 337 g/mol. The second-order valence-electron chi connectivity index (χ2n) is 10.9. The van der Waals surface area contributed by atoms with E-state index >= 15 is 0 Å². The maximum atomic E-state index is 3.89. The summed E-state index contributed by atoms with van der Waals surface area (Å²) < 4.78 is 0. The zero-order chi connectivity index (χ0) is 18.1. The van der Waals surface area contributed by atoms with Gasteiger partial charge in [-0.2, -0.15) is 0 Å². The monoisotopic (exact) mass is 336 g/mol. The van der Waals surface area contributed by atoms with E-state index in [2.05, 4.69) is 66.0 Å². The van der Waals surface area contributed by atoms with Crippen molar-refractivity contribution in [2.75, 3.05) is 0 Å². The summed E-state index contributed by atoms with van der Waals surface area (Å²) in [6, 6.07) is 1.40. The summed E-state index contributed by atoms with van der Waals surface area (Å²) in [5.74, 6) is 3.30. The van der Waals surface area contributed by atoms with E-state index in [1.165, 1.54) is 38.5 Å². The van der Waals surface area contributed by atoms with Crippen LogP contribution in [0.2, 0.25) is 0 Å². The molecule has 0 bridgehead atoms. The lowest BCUT2D eigenvalue weighted by Crippen LogP contribution is -2.55. The molecule has 0 aromatic heterocycles. The molecule has 2 aliphatic heterocycles. The van der Waals surface area contributed by atoms with Crippen molar-refractivity contribution in [1.82, 2.24) is 10.6 Å². The standard InChI is InChI=1S/C22H44N2/c1-15(2)19-11-17(13-21(5,6)23-19)9-10-18-12-20(16(3)4)24-22(7,8)14-18/h15-20,23-24H,9-14H2,1-8H3. The molecule has 2 nitrogen and oxygen atoms in total.